The van der Waals surface area contributed by atoms with E-state index in [9.17, 15) is 0 Å². The van der Waals surface area contributed by atoms with Crippen LogP contribution in [0.3, 0.4) is 0 Å². The highest BCUT2D eigenvalue weighted by atomic mass is 32.2. The number of methoxy groups -OCH3 is 1. The fourth-order valence-electron chi connectivity index (χ4n) is 1.86. The molecule has 0 unspecified atom stereocenters. The SMILES string of the molecule is COCc1nc(C)cc(Sc2nnc(-c3ccco3)n2N)n1. The maximum absolute atomic E-state index is 6.02. The minimum Gasteiger partial charge on any atom is -0.461 e. The first kappa shape index (κ1) is 14.5. The van der Waals surface area contributed by atoms with E-state index >= 15 is 0 Å². The molecule has 0 aliphatic carbocycles. The van der Waals surface area contributed by atoms with Crippen LogP contribution >= 0.6 is 11.8 Å². The maximum Gasteiger partial charge on any atom is 0.218 e. The smallest absolute Gasteiger partial charge is 0.218 e. The molecule has 0 saturated heterocycles. The highest BCUT2D eigenvalue weighted by Gasteiger charge is 2.16. The van der Waals surface area contributed by atoms with E-state index in [0.717, 1.165) is 10.7 Å². The third-order valence-corrected chi connectivity index (χ3v) is 3.63. The van der Waals surface area contributed by atoms with Gasteiger partial charge in [-0.2, -0.15) is 0 Å². The summed E-state index contributed by atoms with van der Waals surface area (Å²) in [5, 5.41) is 9.35. The van der Waals surface area contributed by atoms with Gasteiger partial charge in [-0.25, -0.2) is 14.6 Å². The first-order valence-electron chi connectivity index (χ1n) is 6.43. The molecule has 3 heterocycles. The van der Waals surface area contributed by atoms with E-state index in [1.165, 1.54) is 16.4 Å². The Morgan fingerprint density at radius 1 is 1.36 bits per heavy atom. The highest BCUT2D eigenvalue weighted by molar-refractivity contribution is 7.99. The summed E-state index contributed by atoms with van der Waals surface area (Å²) in [6.45, 7) is 2.24. The van der Waals surface area contributed by atoms with Crippen LogP contribution in [-0.4, -0.2) is 32.0 Å². The topological polar surface area (TPSA) is 105 Å². The van der Waals surface area contributed by atoms with Gasteiger partial charge in [0.25, 0.3) is 0 Å². The lowest BCUT2D eigenvalue weighted by molar-refractivity contribution is 0.177. The zero-order chi connectivity index (χ0) is 15.5. The van der Waals surface area contributed by atoms with Gasteiger partial charge in [-0.3, -0.25) is 0 Å². The molecule has 0 fully saturated rings. The van der Waals surface area contributed by atoms with E-state index in [1.807, 2.05) is 13.0 Å². The van der Waals surface area contributed by atoms with Gasteiger partial charge >= 0.3 is 0 Å². The van der Waals surface area contributed by atoms with Gasteiger partial charge in [0, 0.05) is 12.8 Å². The zero-order valence-corrected chi connectivity index (χ0v) is 12.9. The number of rotatable bonds is 5. The predicted octanol–water partition coefficient (Wildman–Crippen LogP) is 1.65. The van der Waals surface area contributed by atoms with Gasteiger partial charge in [0.2, 0.25) is 11.0 Å². The van der Waals surface area contributed by atoms with Crippen molar-refractivity contribution in [2.75, 3.05) is 13.0 Å². The molecule has 3 rings (SSSR count). The van der Waals surface area contributed by atoms with Crippen LogP contribution < -0.4 is 5.84 Å². The molecule has 0 saturated carbocycles. The molecule has 0 aliphatic heterocycles. The monoisotopic (exact) mass is 318 g/mol. The van der Waals surface area contributed by atoms with Crippen molar-refractivity contribution in [2.45, 2.75) is 23.7 Å². The van der Waals surface area contributed by atoms with Crippen LogP contribution in [-0.2, 0) is 11.3 Å². The second-order valence-corrected chi connectivity index (χ2v) is 5.44. The van der Waals surface area contributed by atoms with Crippen LogP contribution in [0.5, 0.6) is 0 Å². The Kier molecular flexibility index (Phi) is 4.07. The number of aromatic nitrogens is 5. The molecule has 0 aliphatic rings. The van der Waals surface area contributed by atoms with Crippen molar-refractivity contribution in [1.29, 1.82) is 0 Å². The van der Waals surface area contributed by atoms with Crippen LogP contribution in [0.1, 0.15) is 11.5 Å². The quantitative estimate of drug-likeness (QED) is 0.559. The van der Waals surface area contributed by atoms with E-state index in [4.69, 9.17) is 15.0 Å². The number of hydrogen-bond donors (Lipinski definition) is 1. The number of nitrogens with zero attached hydrogens (tertiary/aromatic N) is 5. The molecular weight excluding hydrogens is 304 g/mol. The lowest BCUT2D eigenvalue weighted by atomic mass is 10.4. The molecule has 0 aromatic carbocycles. The molecule has 8 nitrogen and oxygen atoms in total. The van der Waals surface area contributed by atoms with Crippen LogP contribution in [0.25, 0.3) is 11.6 Å². The van der Waals surface area contributed by atoms with E-state index in [2.05, 4.69) is 20.2 Å². The third-order valence-electron chi connectivity index (χ3n) is 2.75. The second-order valence-electron chi connectivity index (χ2n) is 4.45. The van der Waals surface area contributed by atoms with Crippen molar-refractivity contribution < 1.29 is 9.15 Å². The van der Waals surface area contributed by atoms with Crippen molar-refractivity contribution in [3.63, 3.8) is 0 Å². The van der Waals surface area contributed by atoms with Gasteiger partial charge < -0.3 is 15.0 Å². The summed E-state index contributed by atoms with van der Waals surface area (Å²) in [6, 6.07) is 5.39. The molecule has 0 radical (unpaired) electrons. The zero-order valence-electron chi connectivity index (χ0n) is 12.1. The number of nitrogen functional groups attached to an aromatic ring is 1. The molecule has 0 spiro atoms. The number of nitrogens with two attached hydrogens (primary N) is 1. The van der Waals surface area contributed by atoms with Gasteiger partial charge in [-0.15, -0.1) is 10.2 Å². The Hall–Kier alpha value is -2.39. The molecule has 114 valence electrons. The summed E-state index contributed by atoms with van der Waals surface area (Å²) in [7, 11) is 1.60. The highest BCUT2D eigenvalue weighted by Crippen LogP contribution is 2.27. The van der Waals surface area contributed by atoms with Crippen molar-refractivity contribution in [1.82, 2.24) is 24.8 Å². The number of aryl methyl sites for hydroxylation is 1. The first-order chi connectivity index (χ1) is 10.7. The van der Waals surface area contributed by atoms with Crippen LogP contribution in [0.4, 0.5) is 0 Å². The molecule has 0 atom stereocenters. The molecule has 9 heteroatoms. The van der Waals surface area contributed by atoms with E-state index in [0.29, 0.717) is 29.2 Å². The van der Waals surface area contributed by atoms with Crippen molar-refractivity contribution in [2.24, 2.45) is 0 Å². The van der Waals surface area contributed by atoms with E-state index < -0.39 is 0 Å². The molecule has 3 aromatic heterocycles. The Bertz CT molecular complexity index is 771. The van der Waals surface area contributed by atoms with Crippen LogP contribution in [0, 0.1) is 6.92 Å². The fraction of sp³-hybridized carbons (Fsp3) is 0.231. The Labute approximate surface area is 130 Å². The summed E-state index contributed by atoms with van der Waals surface area (Å²) < 4.78 is 11.7. The molecule has 0 bridgehead atoms. The number of hydrogen-bond acceptors (Lipinski definition) is 8. The minimum absolute atomic E-state index is 0.349. The molecule has 2 N–H and O–H groups in total. The normalized spacial score (nSPS) is 11.0. The average molecular weight is 318 g/mol. The van der Waals surface area contributed by atoms with E-state index in [1.54, 1.807) is 25.5 Å². The standard InChI is InChI=1S/C13H14N6O2S/c1-8-6-11(16-10(15-8)7-20-2)22-13-18-17-12(19(13)14)9-4-3-5-21-9/h3-6H,7,14H2,1-2H3. The lowest BCUT2D eigenvalue weighted by Gasteiger charge is -2.05. The van der Waals surface area contributed by atoms with E-state index in [-0.39, 0.29) is 0 Å². The van der Waals surface area contributed by atoms with Gasteiger partial charge in [0.1, 0.15) is 11.6 Å². The van der Waals surface area contributed by atoms with Crippen LogP contribution in [0.15, 0.2) is 39.1 Å². The van der Waals surface area contributed by atoms with Gasteiger partial charge in [-0.05, 0) is 36.9 Å². The van der Waals surface area contributed by atoms with Crippen molar-refractivity contribution in [3.8, 4) is 11.6 Å². The Balaban J connectivity index is 1.88. The van der Waals surface area contributed by atoms with Gasteiger partial charge in [0.15, 0.2) is 11.6 Å². The third kappa shape index (κ3) is 2.95. The number of ether oxygens (including phenoxy) is 1. The largest absolute Gasteiger partial charge is 0.461 e. The van der Waals surface area contributed by atoms with Crippen molar-refractivity contribution >= 4 is 11.8 Å². The maximum atomic E-state index is 6.02. The summed E-state index contributed by atoms with van der Waals surface area (Å²) in [4.78, 5) is 8.69. The molecule has 3 aromatic rings. The Morgan fingerprint density at radius 3 is 2.95 bits per heavy atom. The van der Waals surface area contributed by atoms with Crippen LogP contribution in [0.2, 0.25) is 0 Å². The second kappa shape index (κ2) is 6.16. The summed E-state index contributed by atoms with van der Waals surface area (Å²) >= 11 is 1.30. The predicted molar refractivity (Wildman–Crippen MR) is 79.5 cm³/mol. The van der Waals surface area contributed by atoms with Gasteiger partial charge in [-0.1, -0.05) is 0 Å². The first-order valence-corrected chi connectivity index (χ1v) is 7.24. The van der Waals surface area contributed by atoms with Crippen molar-refractivity contribution in [3.05, 3.63) is 36.0 Å². The molecule has 22 heavy (non-hydrogen) atoms. The minimum atomic E-state index is 0.349. The van der Waals surface area contributed by atoms with Gasteiger partial charge in [0.05, 0.1) is 6.26 Å². The summed E-state index contributed by atoms with van der Waals surface area (Å²) in [5.74, 6) is 7.64. The Morgan fingerprint density at radius 2 is 2.23 bits per heavy atom. The molecular formula is C13H14N6O2S. The molecule has 0 amide bonds. The summed E-state index contributed by atoms with van der Waals surface area (Å²) in [5.41, 5.74) is 0.846. The average Bonchev–Trinajstić information content (AvgIpc) is 3.10. The number of furan rings is 1. The lowest BCUT2D eigenvalue weighted by Crippen LogP contribution is -2.11. The summed E-state index contributed by atoms with van der Waals surface area (Å²) in [6.07, 6.45) is 1.56. The fourth-order valence-corrected chi connectivity index (χ4v) is 2.69.